The van der Waals surface area contributed by atoms with Gasteiger partial charge in [0.2, 0.25) is 0 Å². The van der Waals surface area contributed by atoms with Crippen LogP contribution in [0.25, 0.3) is 0 Å². The topological polar surface area (TPSA) is 9.23 Å². The van der Waals surface area contributed by atoms with Crippen LogP contribution in [-0.2, 0) is 0 Å². The molecular weight excluding hydrogens is 402 g/mol. The molecule has 0 N–H and O–H groups in total. The Bertz CT molecular complexity index is 335. The number of hydrogen-bond acceptors (Lipinski definition) is 1. The van der Waals surface area contributed by atoms with E-state index in [9.17, 15) is 0 Å². The van der Waals surface area contributed by atoms with E-state index in [0.29, 0.717) is 0 Å². The molecular formula is C11H14I2O. The van der Waals surface area contributed by atoms with Gasteiger partial charge >= 0.3 is 0 Å². The summed E-state index contributed by atoms with van der Waals surface area (Å²) in [5, 5.41) is 0. The lowest BCUT2D eigenvalue weighted by Crippen LogP contribution is -2.01. The number of rotatable bonds is 3. The lowest BCUT2D eigenvalue weighted by molar-refractivity contribution is 0.313. The van der Waals surface area contributed by atoms with E-state index in [-0.39, 0.29) is 0 Å². The number of halogens is 2. The van der Waals surface area contributed by atoms with Crippen molar-refractivity contribution in [3.05, 3.63) is 24.3 Å². The Morgan fingerprint density at radius 2 is 1.93 bits per heavy atom. The van der Waals surface area contributed by atoms with Gasteiger partial charge in [0, 0.05) is 3.57 Å². The van der Waals surface area contributed by atoms with Crippen molar-refractivity contribution in [1.29, 1.82) is 0 Å². The Kier molecular flexibility index (Phi) is 4.96. The Morgan fingerprint density at radius 3 is 2.50 bits per heavy atom. The van der Waals surface area contributed by atoms with Crippen LogP contribution < -0.4 is 4.74 Å². The van der Waals surface area contributed by atoms with Crippen molar-refractivity contribution in [2.75, 3.05) is 6.61 Å². The standard InChI is InChI=1S/C11H14I2O/c1-4-5-14-11-7(2)6-9(12)8(3)10(11)13/h6H,4-5H2,1-3H3. The Balaban J connectivity index is 3.09. The summed E-state index contributed by atoms with van der Waals surface area (Å²) < 4.78 is 8.31. The summed E-state index contributed by atoms with van der Waals surface area (Å²) in [4.78, 5) is 0. The summed E-state index contributed by atoms with van der Waals surface area (Å²) >= 11 is 4.74. The smallest absolute Gasteiger partial charge is 0.135 e. The Labute approximate surface area is 113 Å². The second-order valence-corrected chi connectivity index (χ2v) is 5.53. The van der Waals surface area contributed by atoms with Gasteiger partial charge in [-0.1, -0.05) is 6.92 Å². The van der Waals surface area contributed by atoms with Crippen molar-refractivity contribution in [3.8, 4) is 5.75 Å². The first kappa shape index (κ1) is 12.5. The maximum atomic E-state index is 5.74. The first-order valence-corrected chi connectivity index (χ1v) is 6.81. The average molecular weight is 416 g/mol. The zero-order valence-electron chi connectivity index (χ0n) is 8.66. The summed E-state index contributed by atoms with van der Waals surface area (Å²) in [7, 11) is 0. The fraction of sp³-hybridized carbons (Fsp3) is 0.455. The third-order valence-electron chi connectivity index (χ3n) is 2.04. The highest BCUT2D eigenvalue weighted by Crippen LogP contribution is 2.31. The van der Waals surface area contributed by atoms with Crippen LogP contribution in [0.15, 0.2) is 6.07 Å². The van der Waals surface area contributed by atoms with Crippen molar-refractivity contribution in [3.63, 3.8) is 0 Å². The monoisotopic (exact) mass is 416 g/mol. The van der Waals surface area contributed by atoms with Crippen LogP contribution in [0.5, 0.6) is 5.75 Å². The molecule has 0 fully saturated rings. The number of benzene rings is 1. The maximum Gasteiger partial charge on any atom is 0.135 e. The van der Waals surface area contributed by atoms with Gasteiger partial charge in [0.05, 0.1) is 10.2 Å². The fourth-order valence-corrected chi connectivity index (χ4v) is 3.32. The summed E-state index contributed by atoms with van der Waals surface area (Å²) in [6.07, 6.45) is 1.06. The molecule has 78 valence electrons. The van der Waals surface area contributed by atoms with Gasteiger partial charge in [-0.15, -0.1) is 0 Å². The lowest BCUT2D eigenvalue weighted by Gasteiger charge is -2.13. The Hall–Kier alpha value is 0.480. The van der Waals surface area contributed by atoms with Crippen molar-refractivity contribution >= 4 is 45.2 Å². The highest BCUT2D eigenvalue weighted by molar-refractivity contribution is 14.1. The number of ether oxygens (including phenoxy) is 1. The molecule has 1 rings (SSSR count). The molecule has 0 unspecified atom stereocenters. The minimum absolute atomic E-state index is 0.802. The van der Waals surface area contributed by atoms with Crippen LogP contribution in [-0.4, -0.2) is 6.61 Å². The number of hydrogen-bond donors (Lipinski definition) is 0. The molecule has 0 bridgehead atoms. The molecule has 1 nitrogen and oxygen atoms in total. The predicted molar refractivity (Wildman–Crippen MR) is 77.1 cm³/mol. The van der Waals surface area contributed by atoms with Gasteiger partial charge in [-0.3, -0.25) is 0 Å². The molecule has 0 aliphatic rings. The van der Waals surface area contributed by atoms with Crippen molar-refractivity contribution < 1.29 is 4.74 Å². The van der Waals surface area contributed by atoms with E-state index in [1.165, 1.54) is 18.3 Å². The first-order valence-electron chi connectivity index (χ1n) is 4.66. The van der Waals surface area contributed by atoms with Crippen molar-refractivity contribution in [2.24, 2.45) is 0 Å². The predicted octanol–water partition coefficient (Wildman–Crippen LogP) is 4.30. The number of aryl methyl sites for hydroxylation is 1. The highest BCUT2D eigenvalue weighted by atomic mass is 127. The molecule has 0 aliphatic carbocycles. The van der Waals surface area contributed by atoms with Crippen LogP contribution in [0.2, 0.25) is 0 Å². The van der Waals surface area contributed by atoms with E-state index in [2.05, 4.69) is 72.0 Å². The van der Waals surface area contributed by atoms with Crippen LogP contribution >= 0.6 is 45.2 Å². The third kappa shape index (κ3) is 2.74. The molecule has 1 aromatic rings. The lowest BCUT2D eigenvalue weighted by atomic mass is 10.1. The molecule has 0 heterocycles. The second kappa shape index (κ2) is 5.53. The molecule has 0 saturated heterocycles. The zero-order chi connectivity index (χ0) is 10.7. The zero-order valence-corrected chi connectivity index (χ0v) is 13.0. The van der Waals surface area contributed by atoms with Crippen molar-refractivity contribution in [2.45, 2.75) is 27.2 Å². The molecule has 0 spiro atoms. The van der Waals surface area contributed by atoms with Gasteiger partial charge in [0.15, 0.2) is 0 Å². The van der Waals surface area contributed by atoms with E-state index < -0.39 is 0 Å². The summed E-state index contributed by atoms with van der Waals surface area (Å²) in [6.45, 7) is 7.18. The molecule has 0 atom stereocenters. The molecule has 0 aliphatic heterocycles. The average Bonchev–Trinajstić information content (AvgIpc) is 2.14. The normalized spacial score (nSPS) is 10.4. The quantitative estimate of drug-likeness (QED) is 0.668. The van der Waals surface area contributed by atoms with Gasteiger partial charge in [-0.05, 0) is 82.6 Å². The molecule has 0 radical (unpaired) electrons. The summed E-state index contributed by atoms with van der Waals surface area (Å²) in [5.41, 5.74) is 2.56. The highest BCUT2D eigenvalue weighted by Gasteiger charge is 2.10. The van der Waals surface area contributed by atoms with Crippen LogP contribution in [0.3, 0.4) is 0 Å². The summed E-state index contributed by atoms with van der Waals surface area (Å²) in [5.74, 6) is 1.06. The second-order valence-electron chi connectivity index (χ2n) is 3.29. The minimum Gasteiger partial charge on any atom is -0.492 e. The van der Waals surface area contributed by atoms with Crippen LogP contribution in [0, 0.1) is 21.0 Å². The van der Waals surface area contributed by atoms with Gasteiger partial charge < -0.3 is 4.74 Å². The molecule has 0 aromatic heterocycles. The van der Waals surface area contributed by atoms with Crippen LogP contribution in [0.1, 0.15) is 24.5 Å². The van der Waals surface area contributed by atoms with E-state index in [1.54, 1.807) is 0 Å². The van der Waals surface area contributed by atoms with Gasteiger partial charge in [-0.25, -0.2) is 0 Å². The summed E-state index contributed by atoms with van der Waals surface area (Å²) in [6, 6.07) is 2.18. The van der Waals surface area contributed by atoms with Gasteiger partial charge in [0.1, 0.15) is 5.75 Å². The van der Waals surface area contributed by atoms with Crippen LogP contribution in [0.4, 0.5) is 0 Å². The molecule has 0 amide bonds. The molecule has 14 heavy (non-hydrogen) atoms. The Morgan fingerprint density at radius 1 is 1.29 bits per heavy atom. The van der Waals surface area contributed by atoms with E-state index in [4.69, 9.17) is 4.74 Å². The van der Waals surface area contributed by atoms with Crippen molar-refractivity contribution in [1.82, 2.24) is 0 Å². The van der Waals surface area contributed by atoms with E-state index in [0.717, 1.165) is 18.8 Å². The minimum atomic E-state index is 0.802. The molecule has 0 saturated carbocycles. The maximum absolute atomic E-state index is 5.74. The third-order valence-corrected chi connectivity index (χ3v) is 4.46. The first-order chi connectivity index (χ1) is 6.57. The van der Waals surface area contributed by atoms with E-state index >= 15 is 0 Å². The molecule has 1 aromatic carbocycles. The molecule has 3 heteroatoms. The van der Waals surface area contributed by atoms with Gasteiger partial charge in [-0.2, -0.15) is 0 Å². The fourth-order valence-electron chi connectivity index (χ4n) is 1.19. The largest absolute Gasteiger partial charge is 0.492 e. The van der Waals surface area contributed by atoms with E-state index in [1.807, 2.05) is 0 Å². The SMILES string of the molecule is CCCOc1c(C)cc(I)c(C)c1I. The van der Waals surface area contributed by atoms with Gasteiger partial charge in [0.25, 0.3) is 0 Å².